The molecule has 2 aromatic carbocycles. The van der Waals surface area contributed by atoms with E-state index in [4.69, 9.17) is 15.6 Å². The van der Waals surface area contributed by atoms with E-state index in [1.807, 2.05) is 19.1 Å². The molecule has 2 N–H and O–H groups in total. The van der Waals surface area contributed by atoms with Crippen LogP contribution in [0.2, 0.25) is 0 Å². The van der Waals surface area contributed by atoms with Gasteiger partial charge in [0.15, 0.2) is 0 Å². The number of amidine groups is 1. The summed E-state index contributed by atoms with van der Waals surface area (Å²) >= 11 is 0. The number of nitrogens with one attached hydrogen (secondary N) is 2. The maximum absolute atomic E-state index is 14.3. The third kappa shape index (κ3) is 5.03. The van der Waals surface area contributed by atoms with Crippen LogP contribution < -0.4 is 4.90 Å². The van der Waals surface area contributed by atoms with E-state index in [0.29, 0.717) is 49.2 Å². The van der Waals surface area contributed by atoms with Gasteiger partial charge in [0, 0.05) is 37.9 Å². The quantitative estimate of drug-likeness (QED) is 0.341. The number of nitrogens with zero attached hydrogens (tertiary/aromatic N) is 3. The van der Waals surface area contributed by atoms with Gasteiger partial charge in [0.2, 0.25) is 0 Å². The average Bonchev–Trinajstić information content (AvgIpc) is 3.25. The number of morpholine rings is 1. The molecule has 10 heteroatoms. The molecule has 2 fully saturated rings. The number of carbonyl (C=O) groups is 1. The number of ether oxygens (including phenoxy) is 1. The van der Waals surface area contributed by atoms with Crippen LogP contribution in [0.5, 0.6) is 0 Å². The van der Waals surface area contributed by atoms with Gasteiger partial charge in [-0.15, -0.1) is 0 Å². The second-order valence-corrected chi connectivity index (χ2v) is 11.4. The van der Waals surface area contributed by atoms with Gasteiger partial charge in [-0.1, -0.05) is 26.0 Å². The van der Waals surface area contributed by atoms with Crippen molar-refractivity contribution >= 4 is 23.8 Å². The molecule has 40 heavy (non-hydrogen) atoms. The van der Waals surface area contributed by atoms with E-state index in [9.17, 15) is 18.0 Å². The summed E-state index contributed by atoms with van der Waals surface area (Å²) < 4.78 is 48.5. The fourth-order valence-corrected chi connectivity index (χ4v) is 6.52. The Bertz CT molecular complexity index is 1320. The molecule has 7 nitrogen and oxygen atoms in total. The first-order chi connectivity index (χ1) is 19.0. The number of alkyl halides is 3. The molecule has 0 radical (unpaired) electrons. The Morgan fingerprint density at radius 3 is 2.65 bits per heavy atom. The Labute approximate surface area is 232 Å². The number of hydrogen-bond acceptors (Lipinski definition) is 5. The summed E-state index contributed by atoms with van der Waals surface area (Å²) in [6.07, 6.45) is -1.15. The summed E-state index contributed by atoms with van der Waals surface area (Å²) in [6.45, 7) is 6.10. The fraction of sp³-hybridized carbons (Fsp3) is 0.500. The van der Waals surface area contributed by atoms with Crippen LogP contribution in [0.1, 0.15) is 65.7 Å². The van der Waals surface area contributed by atoms with Gasteiger partial charge < -0.3 is 14.5 Å². The highest BCUT2D eigenvalue weighted by atomic mass is 19.4. The number of anilines is 1. The number of amides is 1. The van der Waals surface area contributed by atoms with Crippen LogP contribution in [0.4, 0.5) is 18.9 Å². The van der Waals surface area contributed by atoms with Crippen molar-refractivity contribution in [2.45, 2.75) is 63.9 Å². The second-order valence-electron chi connectivity index (χ2n) is 11.4. The van der Waals surface area contributed by atoms with E-state index in [1.54, 1.807) is 25.2 Å². The van der Waals surface area contributed by atoms with Crippen molar-refractivity contribution in [2.75, 3.05) is 31.6 Å². The van der Waals surface area contributed by atoms with E-state index >= 15 is 0 Å². The summed E-state index contributed by atoms with van der Waals surface area (Å²) in [4.78, 5) is 18.6. The van der Waals surface area contributed by atoms with Gasteiger partial charge in [-0.25, -0.2) is 0 Å². The number of benzene rings is 2. The van der Waals surface area contributed by atoms with Crippen molar-refractivity contribution in [2.24, 2.45) is 5.92 Å². The Morgan fingerprint density at radius 2 is 2.00 bits per heavy atom. The van der Waals surface area contributed by atoms with Gasteiger partial charge in [0.05, 0.1) is 36.6 Å². The fourth-order valence-electron chi connectivity index (χ4n) is 6.52. The zero-order chi connectivity index (χ0) is 28.8. The molecule has 2 aromatic rings. The third-order valence-corrected chi connectivity index (χ3v) is 8.60. The summed E-state index contributed by atoms with van der Waals surface area (Å²) in [5.41, 5.74) is 0.554. The molecule has 214 valence electrons. The summed E-state index contributed by atoms with van der Waals surface area (Å²) in [5, 5.41) is 16.4. The van der Waals surface area contributed by atoms with Gasteiger partial charge >= 0.3 is 6.18 Å². The molecular weight excluding hydrogens is 519 g/mol. The van der Waals surface area contributed by atoms with Crippen LogP contribution >= 0.6 is 0 Å². The highest BCUT2D eigenvalue weighted by Crippen LogP contribution is 2.50. The van der Waals surface area contributed by atoms with Crippen molar-refractivity contribution in [3.63, 3.8) is 0 Å². The zero-order valence-electron chi connectivity index (χ0n) is 23.1. The minimum atomic E-state index is -4.59. The molecule has 1 amide bonds. The first-order valence-corrected chi connectivity index (χ1v) is 13.8. The molecule has 5 rings (SSSR count). The van der Waals surface area contributed by atoms with Crippen molar-refractivity contribution in [3.8, 4) is 0 Å². The number of fused-ring (bicyclic) bond motifs is 1. The van der Waals surface area contributed by atoms with Crippen LogP contribution in [0.15, 0.2) is 36.4 Å². The lowest BCUT2D eigenvalue weighted by molar-refractivity contribution is -0.138. The summed E-state index contributed by atoms with van der Waals surface area (Å²) in [7, 11) is 1.67. The molecule has 0 aromatic heterocycles. The monoisotopic (exact) mass is 555 g/mol. The van der Waals surface area contributed by atoms with Crippen molar-refractivity contribution < 1.29 is 22.7 Å². The number of likely N-dealkylation sites (N-methyl/N-ethyl adjacent to an activating group) is 1. The Kier molecular flexibility index (Phi) is 7.52. The molecule has 0 bridgehead atoms. The highest BCUT2D eigenvalue weighted by molar-refractivity contribution is 6.10. The first-order valence-electron chi connectivity index (χ1n) is 13.8. The van der Waals surface area contributed by atoms with Crippen LogP contribution in [-0.2, 0) is 29.4 Å². The molecule has 2 aliphatic heterocycles. The van der Waals surface area contributed by atoms with Crippen LogP contribution in [0.25, 0.3) is 0 Å². The van der Waals surface area contributed by atoms with Crippen LogP contribution in [0.3, 0.4) is 0 Å². The average molecular weight is 556 g/mol. The largest absolute Gasteiger partial charge is 0.416 e. The van der Waals surface area contributed by atoms with Crippen LogP contribution in [0, 0.1) is 16.7 Å². The van der Waals surface area contributed by atoms with Gasteiger partial charge in [0.25, 0.3) is 5.91 Å². The highest BCUT2D eigenvalue weighted by Gasteiger charge is 2.49. The van der Waals surface area contributed by atoms with Crippen molar-refractivity contribution in [1.29, 1.82) is 10.8 Å². The molecule has 1 saturated carbocycles. The normalized spacial score (nSPS) is 24.9. The molecule has 1 atom stereocenters. The van der Waals surface area contributed by atoms with Crippen molar-refractivity contribution in [3.05, 3.63) is 64.2 Å². The lowest BCUT2D eigenvalue weighted by Gasteiger charge is -2.48. The lowest BCUT2D eigenvalue weighted by Crippen LogP contribution is -2.52. The van der Waals surface area contributed by atoms with Crippen LogP contribution in [-0.4, -0.2) is 60.7 Å². The predicted octanol–water partition coefficient (Wildman–Crippen LogP) is 5.66. The SMILES string of the molecule is CC[C@H]1CN(Cc2cc3c(c(C(F)(F)F)c2)CN(c2cccc(C4(C(=N)N(C)C=N)CC(C)C4)c2)C3=O)CCO1. The lowest BCUT2D eigenvalue weighted by atomic mass is 9.58. The number of carbonyl (C=O) groups excluding carboxylic acids is 1. The molecule has 0 spiro atoms. The molecular formula is C30H36F3N5O2. The zero-order valence-corrected chi connectivity index (χ0v) is 23.1. The summed E-state index contributed by atoms with van der Waals surface area (Å²) in [6, 6.07) is 10.1. The standard InChI is InChI=1S/C30H36F3N5O2/c1-4-23-16-37(8-9-40-23)15-20-10-24-25(26(11-20)30(31,32)33)17-38(27(24)39)22-7-5-6-21(12-22)29(13-19(2)14-29)28(35)36(3)18-34/h5-7,10-12,18-19,23,34-35H,4,8-9,13-17H2,1-3H3/t19?,23-,29?/m0/s1. The van der Waals surface area contributed by atoms with E-state index in [0.717, 1.165) is 31.2 Å². The van der Waals surface area contributed by atoms with E-state index in [-0.39, 0.29) is 23.8 Å². The molecule has 1 saturated heterocycles. The molecule has 1 aliphatic carbocycles. The van der Waals surface area contributed by atoms with E-state index < -0.39 is 23.1 Å². The van der Waals surface area contributed by atoms with Gasteiger partial charge in [-0.3, -0.25) is 20.5 Å². The molecule has 3 aliphatic rings. The topological polar surface area (TPSA) is 83.7 Å². The van der Waals surface area contributed by atoms with E-state index in [1.165, 1.54) is 15.9 Å². The Hall–Kier alpha value is -3.24. The molecule has 2 heterocycles. The van der Waals surface area contributed by atoms with E-state index in [2.05, 4.69) is 11.8 Å². The number of halogens is 3. The van der Waals surface area contributed by atoms with Gasteiger partial charge in [-0.05, 0) is 66.1 Å². The first kappa shape index (κ1) is 28.3. The maximum atomic E-state index is 14.3. The minimum Gasteiger partial charge on any atom is -0.376 e. The number of rotatable bonds is 7. The van der Waals surface area contributed by atoms with Gasteiger partial charge in [-0.2, -0.15) is 13.2 Å². The predicted molar refractivity (Wildman–Crippen MR) is 148 cm³/mol. The van der Waals surface area contributed by atoms with Gasteiger partial charge in [0.1, 0.15) is 5.84 Å². The Morgan fingerprint density at radius 1 is 1.25 bits per heavy atom. The minimum absolute atomic E-state index is 0.00308. The second kappa shape index (κ2) is 10.6. The van der Waals surface area contributed by atoms with Crippen molar-refractivity contribution in [1.82, 2.24) is 9.80 Å². The third-order valence-electron chi connectivity index (χ3n) is 8.60. The molecule has 0 unspecified atom stereocenters. The number of hydrogen-bond donors (Lipinski definition) is 2. The maximum Gasteiger partial charge on any atom is 0.416 e. The Balaban J connectivity index is 1.47. The summed E-state index contributed by atoms with van der Waals surface area (Å²) in [5.74, 6) is 0.245. The smallest absolute Gasteiger partial charge is 0.376 e.